The third kappa shape index (κ3) is 3.05. The maximum atomic E-state index is 12.6. The second-order valence-electron chi connectivity index (χ2n) is 7.75. The van der Waals surface area contributed by atoms with Gasteiger partial charge >= 0.3 is 0 Å². The van der Waals surface area contributed by atoms with Crippen molar-refractivity contribution in [2.24, 2.45) is 5.92 Å². The number of hydrogen-bond acceptors (Lipinski definition) is 5. The molecule has 7 heteroatoms. The molecule has 1 unspecified atom stereocenters. The van der Waals surface area contributed by atoms with E-state index < -0.39 is 0 Å². The largest absolute Gasteiger partial charge is 0.381 e. The summed E-state index contributed by atoms with van der Waals surface area (Å²) >= 11 is 0. The fourth-order valence-corrected chi connectivity index (χ4v) is 4.08. The van der Waals surface area contributed by atoms with E-state index in [9.17, 15) is 4.79 Å². The Hall–Kier alpha value is -2.15. The van der Waals surface area contributed by atoms with Crippen molar-refractivity contribution in [2.75, 3.05) is 31.2 Å². The molecule has 1 amide bonds. The lowest BCUT2D eigenvalue weighted by atomic mass is 10.1. The Morgan fingerprint density at radius 2 is 2.04 bits per heavy atom. The highest BCUT2D eigenvalue weighted by atomic mass is 16.5. The summed E-state index contributed by atoms with van der Waals surface area (Å²) in [5, 5.41) is 7.91. The van der Waals surface area contributed by atoms with Crippen molar-refractivity contribution in [2.45, 2.75) is 44.1 Å². The molecule has 4 heterocycles. The van der Waals surface area contributed by atoms with Crippen LogP contribution in [0.15, 0.2) is 18.5 Å². The first kappa shape index (κ1) is 16.1. The number of fused-ring (bicyclic) bond motifs is 1. The molecule has 1 N–H and O–H groups in total. The predicted octanol–water partition coefficient (Wildman–Crippen LogP) is 1.73. The standard InChI is InChI=1S/C19H25N5O2/c25-19(21-15-4-9-26-10-5-15)14-3-7-23(12-14)18-17-11-16(13-1-2-13)22-24(17)8-6-20-18/h6,8,11,13-15H,1-5,7,9-10,12H2,(H,21,25). The molecular formula is C19H25N5O2. The van der Waals surface area contributed by atoms with E-state index in [-0.39, 0.29) is 17.9 Å². The van der Waals surface area contributed by atoms with Crippen LogP contribution in [0.5, 0.6) is 0 Å². The molecular weight excluding hydrogens is 330 g/mol. The van der Waals surface area contributed by atoms with E-state index in [0.29, 0.717) is 5.92 Å². The number of nitrogens with one attached hydrogen (secondary N) is 1. The summed E-state index contributed by atoms with van der Waals surface area (Å²) in [5.74, 6) is 1.79. The van der Waals surface area contributed by atoms with Crippen molar-refractivity contribution in [3.63, 3.8) is 0 Å². The lowest BCUT2D eigenvalue weighted by molar-refractivity contribution is -0.125. The van der Waals surface area contributed by atoms with E-state index >= 15 is 0 Å². The van der Waals surface area contributed by atoms with Crippen LogP contribution in [-0.2, 0) is 9.53 Å². The second kappa shape index (κ2) is 6.54. The zero-order valence-corrected chi connectivity index (χ0v) is 14.9. The summed E-state index contributed by atoms with van der Waals surface area (Å²) in [6.45, 7) is 3.09. The monoisotopic (exact) mass is 355 g/mol. The number of nitrogens with zero attached hydrogens (tertiary/aromatic N) is 4. The quantitative estimate of drug-likeness (QED) is 0.904. The SMILES string of the molecule is O=C(NC1CCOCC1)C1CCN(c2nccn3nc(C4CC4)cc23)C1. The molecule has 2 aromatic rings. The van der Waals surface area contributed by atoms with E-state index in [4.69, 9.17) is 9.84 Å². The lowest BCUT2D eigenvalue weighted by Gasteiger charge is -2.24. The average molecular weight is 355 g/mol. The van der Waals surface area contributed by atoms with Gasteiger partial charge in [-0.3, -0.25) is 4.79 Å². The Morgan fingerprint density at radius 1 is 1.19 bits per heavy atom. The highest BCUT2D eigenvalue weighted by molar-refractivity contribution is 5.81. The molecule has 2 aromatic heterocycles. The van der Waals surface area contributed by atoms with Gasteiger partial charge in [0.2, 0.25) is 5.91 Å². The summed E-state index contributed by atoms with van der Waals surface area (Å²) in [4.78, 5) is 19.5. The summed E-state index contributed by atoms with van der Waals surface area (Å²) < 4.78 is 7.31. The number of amides is 1. The number of anilines is 1. The number of carbonyl (C=O) groups is 1. The van der Waals surface area contributed by atoms with E-state index in [2.05, 4.69) is 21.3 Å². The molecule has 138 valence electrons. The number of carbonyl (C=O) groups excluding carboxylic acids is 1. The van der Waals surface area contributed by atoms with Gasteiger partial charge in [0.15, 0.2) is 5.82 Å². The zero-order valence-electron chi connectivity index (χ0n) is 14.9. The van der Waals surface area contributed by atoms with Crippen molar-refractivity contribution < 1.29 is 9.53 Å². The van der Waals surface area contributed by atoms with Gasteiger partial charge in [-0.25, -0.2) is 9.50 Å². The molecule has 0 radical (unpaired) electrons. The Labute approximate surface area is 152 Å². The number of ether oxygens (including phenoxy) is 1. The number of hydrogen-bond donors (Lipinski definition) is 1. The van der Waals surface area contributed by atoms with Crippen molar-refractivity contribution in [3.05, 3.63) is 24.2 Å². The lowest BCUT2D eigenvalue weighted by Crippen LogP contribution is -2.42. The maximum absolute atomic E-state index is 12.6. The molecule has 5 rings (SSSR count). The van der Waals surface area contributed by atoms with Gasteiger partial charge in [0.05, 0.1) is 11.6 Å². The molecule has 7 nitrogen and oxygen atoms in total. The minimum absolute atomic E-state index is 0.0331. The first-order valence-corrected chi connectivity index (χ1v) is 9.75. The van der Waals surface area contributed by atoms with Crippen LogP contribution in [0.25, 0.3) is 5.52 Å². The van der Waals surface area contributed by atoms with E-state index in [1.54, 1.807) is 6.20 Å². The fraction of sp³-hybridized carbons (Fsp3) is 0.632. The van der Waals surface area contributed by atoms with Gasteiger partial charge in [-0.2, -0.15) is 5.10 Å². The first-order valence-electron chi connectivity index (χ1n) is 9.75. The number of rotatable bonds is 4. The molecule has 3 aliphatic rings. The van der Waals surface area contributed by atoms with Crippen molar-refractivity contribution in [3.8, 4) is 0 Å². The van der Waals surface area contributed by atoms with Gasteiger partial charge in [0.1, 0.15) is 5.52 Å². The van der Waals surface area contributed by atoms with Crippen LogP contribution in [0.4, 0.5) is 5.82 Å². The Bertz CT molecular complexity index is 809. The van der Waals surface area contributed by atoms with E-state index in [1.165, 1.54) is 18.5 Å². The first-order chi connectivity index (χ1) is 12.8. The van der Waals surface area contributed by atoms with E-state index in [1.807, 2.05) is 10.7 Å². The molecule has 1 saturated carbocycles. The number of aromatic nitrogens is 3. The minimum atomic E-state index is 0.0331. The van der Waals surface area contributed by atoms with Crippen LogP contribution in [-0.4, -0.2) is 52.9 Å². The Kier molecular flexibility index (Phi) is 4.04. The van der Waals surface area contributed by atoms with Gasteiger partial charge in [0.25, 0.3) is 0 Å². The maximum Gasteiger partial charge on any atom is 0.225 e. The third-order valence-electron chi connectivity index (χ3n) is 5.81. The highest BCUT2D eigenvalue weighted by Gasteiger charge is 2.32. The van der Waals surface area contributed by atoms with Crippen molar-refractivity contribution in [1.82, 2.24) is 19.9 Å². The molecule has 1 atom stereocenters. The second-order valence-corrected chi connectivity index (χ2v) is 7.75. The summed E-state index contributed by atoms with van der Waals surface area (Å²) in [5.41, 5.74) is 2.23. The van der Waals surface area contributed by atoms with Crippen LogP contribution in [0, 0.1) is 5.92 Å². The van der Waals surface area contributed by atoms with Gasteiger partial charge in [-0.05, 0) is 38.2 Å². The van der Waals surface area contributed by atoms with Crippen LogP contribution < -0.4 is 10.2 Å². The Morgan fingerprint density at radius 3 is 2.85 bits per heavy atom. The van der Waals surface area contributed by atoms with Gasteiger partial charge < -0.3 is 15.0 Å². The molecule has 2 aliphatic heterocycles. The minimum Gasteiger partial charge on any atom is -0.381 e. The van der Waals surface area contributed by atoms with Crippen LogP contribution >= 0.6 is 0 Å². The van der Waals surface area contributed by atoms with Crippen LogP contribution in [0.3, 0.4) is 0 Å². The molecule has 0 bridgehead atoms. The van der Waals surface area contributed by atoms with Crippen molar-refractivity contribution >= 4 is 17.2 Å². The molecule has 0 spiro atoms. The molecule has 1 aliphatic carbocycles. The van der Waals surface area contributed by atoms with Gasteiger partial charge in [0, 0.05) is 50.7 Å². The summed E-state index contributed by atoms with van der Waals surface area (Å²) in [6.07, 6.45) is 8.92. The molecule has 26 heavy (non-hydrogen) atoms. The summed E-state index contributed by atoms with van der Waals surface area (Å²) in [7, 11) is 0. The predicted molar refractivity (Wildman–Crippen MR) is 97.3 cm³/mol. The molecule has 3 fully saturated rings. The van der Waals surface area contributed by atoms with E-state index in [0.717, 1.165) is 56.9 Å². The molecule has 2 saturated heterocycles. The topological polar surface area (TPSA) is 71.8 Å². The fourth-order valence-electron chi connectivity index (χ4n) is 4.08. The zero-order chi connectivity index (χ0) is 17.5. The van der Waals surface area contributed by atoms with Gasteiger partial charge in [-0.1, -0.05) is 0 Å². The summed E-state index contributed by atoms with van der Waals surface area (Å²) in [6, 6.07) is 2.44. The highest BCUT2D eigenvalue weighted by Crippen LogP contribution is 2.40. The third-order valence-corrected chi connectivity index (χ3v) is 5.81. The Balaban J connectivity index is 1.29. The average Bonchev–Trinajstić information content (AvgIpc) is 3.23. The molecule has 0 aromatic carbocycles. The van der Waals surface area contributed by atoms with Crippen LogP contribution in [0.2, 0.25) is 0 Å². The van der Waals surface area contributed by atoms with Crippen LogP contribution in [0.1, 0.15) is 43.7 Å². The van der Waals surface area contributed by atoms with Gasteiger partial charge in [-0.15, -0.1) is 0 Å². The van der Waals surface area contributed by atoms with Crippen molar-refractivity contribution in [1.29, 1.82) is 0 Å². The normalized spacial score (nSPS) is 24.3. The smallest absolute Gasteiger partial charge is 0.225 e.